The lowest BCUT2D eigenvalue weighted by Gasteiger charge is -2.06. The molecule has 0 aromatic heterocycles. The van der Waals surface area contributed by atoms with Crippen molar-refractivity contribution in [3.63, 3.8) is 0 Å². The van der Waals surface area contributed by atoms with E-state index in [-0.39, 0.29) is 11.4 Å². The van der Waals surface area contributed by atoms with Gasteiger partial charge in [0.05, 0.1) is 30.7 Å². The van der Waals surface area contributed by atoms with Crippen LogP contribution in [0.2, 0.25) is 0 Å². The zero-order valence-corrected chi connectivity index (χ0v) is 14.4. The summed E-state index contributed by atoms with van der Waals surface area (Å²) in [6, 6.07) is 13.6. The van der Waals surface area contributed by atoms with Crippen LogP contribution in [-0.4, -0.2) is 28.7 Å². The summed E-state index contributed by atoms with van der Waals surface area (Å²) in [6.07, 6.45) is 0. The van der Waals surface area contributed by atoms with Crippen LogP contribution in [0, 0.1) is 11.8 Å². The summed E-state index contributed by atoms with van der Waals surface area (Å²) in [4.78, 5) is 0.171. The summed E-state index contributed by atoms with van der Waals surface area (Å²) in [5.74, 6) is 6.97. The highest BCUT2D eigenvalue weighted by Crippen LogP contribution is 2.16. The van der Waals surface area contributed by atoms with Gasteiger partial charge in [0.1, 0.15) is 11.5 Å². The summed E-state index contributed by atoms with van der Waals surface area (Å²) >= 11 is 0. The van der Waals surface area contributed by atoms with E-state index in [0.29, 0.717) is 23.7 Å². The summed E-state index contributed by atoms with van der Waals surface area (Å²) in [5.41, 5.74) is 0.709. The highest BCUT2D eigenvalue weighted by atomic mass is 32.2. The number of hydrogen-bond donors (Lipinski definition) is 1. The lowest BCUT2D eigenvalue weighted by molar-refractivity contribution is 0.340. The Kier molecular flexibility index (Phi) is 6.24. The maximum Gasteiger partial charge on any atom is 0.241 e. The molecule has 126 valence electrons. The first-order valence-electron chi connectivity index (χ1n) is 7.41. The van der Waals surface area contributed by atoms with Gasteiger partial charge in [0.25, 0.3) is 0 Å². The molecule has 2 aromatic rings. The Morgan fingerprint density at radius 3 is 2.46 bits per heavy atom. The summed E-state index contributed by atoms with van der Waals surface area (Å²) in [7, 11) is -2.04. The topological polar surface area (TPSA) is 64.6 Å². The number of ether oxygens (including phenoxy) is 2. The number of rotatable bonds is 6. The van der Waals surface area contributed by atoms with Crippen molar-refractivity contribution in [2.24, 2.45) is 0 Å². The second-order valence-electron chi connectivity index (χ2n) is 4.73. The average Bonchev–Trinajstić information content (AvgIpc) is 2.60. The summed E-state index contributed by atoms with van der Waals surface area (Å²) in [5, 5.41) is 0. The Morgan fingerprint density at radius 2 is 1.79 bits per heavy atom. The third-order valence-electron chi connectivity index (χ3n) is 3.13. The molecule has 0 heterocycles. The SMILES string of the molecule is CCOc1ccc(S(=O)(=O)NCC#Cc2ccccc2OC)cc1. The van der Waals surface area contributed by atoms with E-state index in [9.17, 15) is 8.42 Å². The predicted octanol–water partition coefficient (Wildman–Crippen LogP) is 2.42. The molecule has 5 nitrogen and oxygen atoms in total. The van der Waals surface area contributed by atoms with Gasteiger partial charge < -0.3 is 9.47 Å². The fourth-order valence-electron chi connectivity index (χ4n) is 1.98. The minimum Gasteiger partial charge on any atom is -0.495 e. The fourth-order valence-corrected chi connectivity index (χ4v) is 2.91. The van der Waals surface area contributed by atoms with Crippen molar-refractivity contribution in [1.29, 1.82) is 0 Å². The second kappa shape index (κ2) is 8.39. The summed E-state index contributed by atoms with van der Waals surface area (Å²) in [6.45, 7) is 2.41. The van der Waals surface area contributed by atoms with Gasteiger partial charge in [-0.25, -0.2) is 8.42 Å². The molecule has 2 aromatic carbocycles. The van der Waals surface area contributed by atoms with Gasteiger partial charge in [-0.05, 0) is 43.3 Å². The lowest BCUT2D eigenvalue weighted by Crippen LogP contribution is -2.23. The molecule has 0 aliphatic carbocycles. The van der Waals surface area contributed by atoms with Gasteiger partial charge in [-0.3, -0.25) is 0 Å². The van der Waals surface area contributed by atoms with Crippen LogP contribution in [0.25, 0.3) is 0 Å². The van der Waals surface area contributed by atoms with Crippen LogP contribution in [0.15, 0.2) is 53.4 Å². The Hall–Kier alpha value is -2.49. The van der Waals surface area contributed by atoms with Crippen molar-refractivity contribution in [1.82, 2.24) is 4.72 Å². The zero-order valence-electron chi connectivity index (χ0n) is 13.6. The van der Waals surface area contributed by atoms with Gasteiger partial charge in [-0.2, -0.15) is 4.72 Å². The lowest BCUT2D eigenvalue weighted by atomic mass is 10.2. The van der Waals surface area contributed by atoms with E-state index in [1.807, 2.05) is 25.1 Å². The van der Waals surface area contributed by atoms with Crippen molar-refractivity contribution in [3.8, 4) is 23.3 Å². The molecule has 6 heteroatoms. The van der Waals surface area contributed by atoms with E-state index in [2.05, 4.69) is 16.6 Å². The Balaban J connectivity index is 2.02. The molecule has 1 N–H and O–H groups in total. The van der Waals surface area contributed by atoms with E-state index < -0.39 is 10.0 Å². The molecule has 0 amide bonds. The standard InChI is InChI=1S/C18H19NO4S/c1-3-23-16-10-12-17(13-11-16)24(20,21)19-14-6-8-15-7-4-5-9-18(15)22-2/h4-5,7,9-13,19H,3,14H2,1-2H3. The molecule has 0 spiro atoms. The average molecular weight is 345 g/mol. The van der Waals surface area contributed by atoms with E-state index in [1.54, 1.807) is 25.3 Å². The largest absolute Gasteiger partial charge is 0.495 e. The second-order valence-corrected chi connectivity index (χ2v) is 6.50. The maximum atomic E-state index is 12.2. The molecular weight excluding hydrogens is 326 g/mol. The van der Waals surface area contributed by atoms with E-state index in [0.717, 1.165) is 0 Å². The molecule has 0 aliphatic rings. The van der Waals surface area contributed by atoms with Crippen molar-refractivity contribution in [2.45, 2.75) is 11.8 Å². The van der Waals surface area contributed by atoms with Crippen molar-refractivity contribution >= 4 is 10.0 Å². The Labute approximate surface area is 142 Å². The maximum absolute atomic E-state index is 12.2. The third-order valence-corrected chi connectivity index (χ3v) is 4.54. The number of nitrogens with one attached hydrogen (secondary N) is 1. The number of hydrogen-bond acceptors (Lipinski definition) is 4. The minimum absolute atomic E-state index is 0.00753. The van der Waals surface area contributed by atoms with Gasteiger partial charge in [0, 0.05) is 0 Å². The van der Waals surface area contributed by atoms with Crippen LogP contribution in [-0.2, 0) is 10.0 Å². The molecule has 0 radical (unpaired) electrons. The molecule has 0 saturated carbocycles. The van der Waals surface area contributed by atoms with Gasteiger partial charge in [0.2, 0.25) is 10.0 Å². The van der Waals surface area contributed by atoms with Gasteiger partial charge >= 0.3 is 0 Å². The number of sulfonamides is 1. The van der Waals surface area contributed by atoms with Crippen LogP contribution in [0.1, 0.15) is 12.5 Å². The van der Waals surface area contributed by atoms with Crippen LogP contribution < -0.4 is 14.2 Å². The molecule has 0 saturated heterocycles. The normalized spacial score (nSPS) is 10.6. The molecule has 0 atom stereocenters. The van der Waals surface area contributed by atoms with Crippen molar-refractivity contribution in [3.05, 3.63) is 54.1 Å². The first-order valence-corrected chi connectivity index (χ1v) is 8.89. The monoisotopic (exact) mass is 345 g/mol. The number of methoxy groups -OCH3 is 1. The van der Waals surface area contributed by atoms with E-state index in [1.165, 1.54) is 12.1 Å². The molecule has 0 fully saturated rings. The van der Waals surface area contributed by atoms with Crippen molar-refractivity contribution < 1.29 is 17.9 Å². The smallest absolute Gasteiger partial charge is 0.241 e. The number of benzene rings is 2. The van der Waals surface area contributed by atoms with Crippen LogP contribution >= 0.6 is 0 Å². The predicted molar refractivity (Wildman–Crippen MR) is 92.7 cm³/mol. The van der Waals surface area contributed by atoms with Crippen LogP contribution in [0.3, 0.4) is 0 Å². The quantitative estimate of drug-likeness (QED) is 0.817. The molecule has 0 aliphatic heterocycles. The molecule has 2 rings (SSSR count). The van der Waals surface area contributed by atoms with Gasteiger partial charge in [-0.1, -0.05) is 24.0 Å². The van der Waals surface area contributed by atoms with Crippen molar-refractivity contribution in [2.75, 3.05) is 20.3 Å². The molecule has 0 unspecified atom stereocenters. The summed E-state index contributed by atoms with van der Waals surface area (Å²) < 4.78 is 37.3. The number of para-hydroxylation sites is 1. The minimum atomic E-state index is -3.60. The van der Waals surface area contributed by atoms with E-state index >= 15 is 0 Å². The zero-order chi connectivity index (χ0) is 17.4. The van der Waals surface area contributed by atoms with E-state index in [4.69, 9.17) is 9.47 Å². The molecule has 24 heavy (non-hydrogen) atoms. The van der Waals surface area contributed by atoms with Gasteiger partial charge in [-0.15, -0.1) is 0 Å². The first-order chi connectivity index (χ1) is 11.6. The molecular formula is C18H19NO4S. The van der Waals surface area contributed by atoms with Gasteiger partial charge in [0.15, 0.2) is 0 Å². The highest BCUT2D eigenvalue weighted by molar-refractivity contribution is 7.89. The Morgan fingerprint density at radius 1 is 1.08 bits per heavy atom. The Bertz CT molecular complexity index is 833. The fraction of sp³-hybridized carbons (Fsp3) is 0.222. The van der Waals surface area contributed by atoms with Crippen LogP contribution in [0.4, 0.5) is 0 Å². The molecule has 0 bridgehead atoms. The highest BCUT2D eigenvalue weighted by Gasteiger charge is 2.12. The van der Waals surface area contributed by atoms with Crippen LogP contribution in [0.5, 0.6) is 11.5 Å². The first kappa shape index (κ1) is 17.9. The third kappa shape index (κ3) is 4.75.